The van der Waals surface area contributed by atoms with E-state index in [9.17, 15) is 17.6 Å². The van der Waals surface area contributed by atoms with Gasteiger partial charge in [-0.1, -0.05) is 48.0 Å². The third-order valence-electron chi connectivity index (χ3n) is 4.29. The Morgan fingerprint density at radius 2 is 1.83 bits per heavy atom. The van der Waals surface area contributed by atoms with E-state index in [0.29, 0.717) is 0 Å². The number of benzene rings is 3. The zero-order valence-corrected chi connectivity index (χ0v) is 17.1. The Labute approximate surface area is 174 Å². The van der Waals surface area contributed by atoms with Crippen LogP contribution in [-0.4, -0.2) is 14.3 Å². The van der Waals surface area contributed by atoms with Crippen molar-refractivity contribution in [3.8, 4) is 5.75 Å². The van der Waals surface area contributed by atoms with E-state index in [1.807, 2.05) is 31.2 Å². The van der Waals surface area contributed by atoms with Gasteiger partial charge in [0, 0.05) is 17.8 Å². The minimum absolute atomic E-state index is 0.183. The Bertz CT molecular complexity index is 1180. The van der Waals surface area contributed by atoms with Gasteiger partial charge in [-0.05, 0) is 30.2 Å². The smallest absolute Gasteiger partial charge is 0.238 e. The zero-order valence-electron chi connectivity index (χ0n) is 16.3. The molecule has 0 fully saturated rings. The van der Waals surface area contributed by atoms with Crippen LogP contribution in [0, 0.1) is 12.7 Å². The Morgan fingerprint density at radius 1 is 1.07 bits per heavy atom. The van der Waals surface area contributed by atoms with Crippen LogP contribution in [0.1, 0.15) is 16.7 Å². The van der Waals surface area contributed by atoms with E-state index in [4.69, 9.17) is 9.88 Å². The van der Waals surface area contributed by atoms with Crippen LogP contribution in [0.4, 0.5) is 10.1 Å². The number of rotatable bonds is 7. The van der Waals surface area contributed by atoms with E-state index in [-0.39, 0.29) is 34.9 Å². The normalized spacial score (nSPS) is 11.2. The van der Waals surface area contributed by atoms with Crippen molar-refractivity contribution in [2.45, 2.75) is 24.8 Å². The fourth-order valence-corrected chi connectivity index (χ4v) is 3.45. The number of halogens is 1. The number of hydrogen-bond acceptors (Lipinski definition) is 4. The molecule has 1 amide bonds. The second kappa shape index (κ2) is 9.06. The minimum Gasteiger partial charge on any atom is -0.489 e. The lowest BCUT2D eigenvalue weighted by Gasteiger charge is -2.12. The molecule has 0 atom stereocenters. The van der Waals surface area contributed by atoms with Gasteiger partial charge in [0.15, 0.2) is 0 Å². The summed E-state index contributed by atoms with van der Waals surface area (Å²) in [5.74, 6) is -0.770. The van der Waals surface area contributed by atoms with Crippen LogP contribution in [0.15, 0.2) is 71.6 Å². The highest BCUT2D eigenvalue weighted by atomic mass is 32.2. The lowest BCUT2D eigenvalue weighted by Crippen LogP contribution is -2.17. The van der Waals surface area contributed by atoms with Gasteiger partial charge < -0.3 is 10.1 Å². The fraction of sp³-hybridized carbons (Fsp3) is 0.136. The van der Waals surface area contributed by atoms with Crippen molar-refractivity contribution in [1.29, 1.82) is 0 Å². The van der Waals surface area contributed by atoms with Gasteiger partial charge in [-0.3, -0.25) is 4.79 Å². The number of carbonyl (C=O) groups is 1. The maximum atomic E-state index is 13.8. The Balaban J connectivity index is 1.80. The van der Waals surface area contributed by atoms with Crippen LogP contribution in [0.5, 0.6) is 5.75 Å². The number of primary sulfonamides is 1. The summed E-state index contributed by atoms with van der Waals surface area (Å²) < 4.78 is 43.2. The summed E-state index contributed by atoms with van der Waals surface area (Å²) in [6, 6.07) is 17.6. The van der Waals surface area contributed by atoms with Crippen LogP contribution in [0.3, 0.4) is 0 Å². The monoisotopic (exact) mass is 428 g/mol. The van der Waals surface area contributed by atoms with Crippen LogP contribution >= 0.6 is 0 Å². The molecule has 6 nitrogen and oxygen atoms in total. The zero-order chi connectivity index (χ0) is 21.7. The van der Waals surface area contributed by atoms with E-state index in [1.165, 1.54) is 36.4 Å². The standard InChI is InChI=1S/C22H21FN2O4S/c1-15-5-4-6-16(9-15)14-29-19-11-18(12-20(13-19)30(24,27)28)25-22(26)10-17-7-2-3-8-21(17)23/h2-9,11-13H,10,14H2,1H3,(H,25,26)(H2,24,27,28). The minimum atomic E-state index is -4.03. The molecule has 0 heterocycles. The van der Waals surface area contributed by atoms with Crippen molar-refractivity contribution >= 4 is 21.6 Å². The first-order valence-corrected chi connectivity index (χ1v) is 10.6. The maximum absolute atomic E-state index is 13.8. The molecule has 0 aliphatic rings. The molecule has 0 saturated carbocycles. The van der Waals surface area contributed by atoms with Crippen molar-refractivity contribution in [2.24, 2.45) is 5.14 Å². The maximum Gasteiger partial charge on any atom is 0.238 e. The van der Waals surface area contributed by atoms with Crippen LogP contribution < -0.4 is 15.2 Å². The molecule has 3 N–H and O–H groups in total. The molecule has 30 heavy (non-hydrogen) atoms. The molecule has 0 aliphatic carbocycles. The largest absolute Gasteiger partial charge is 0.489 e. The second-order valence-electron chi connectivity index (χ2n) is 6.83. The van der Waals surface area contributed by atoms with Crippen molar-refractivity contribution in [3.63, 3.8) is 0 Å². The average molecular weight is 428 g/mol. The molecule has 0 bridgehead atoms. The summed E-state index contributed by atoms with van der Waals surface area (Å²) in [5, 5.41) is 7.82. The van der Waals surface area contributed by atoms with Gasteiger partial charge in [-0.2, -0.15) is 0 Å². The lowest BCUT2D eigenvalue weighted by atomic mass is 10.1. The van der Waals surface area contributed by atoms with Gasteiger partial charge in [0.05, 0.1) is 11.3 Å². The van der Waals surface area contributed by atoms with Crippen LogP contribution in [0.25, 0.3) is 0 Å². The lowest BCUT2D eigenvalue weighted by molar-refractivity contribution is -0.115. The predicted octanol–water partition coefficient (Wildman–Crippen LogP) is 3.54. The molecule has 3 rings (SSSR count). The number of aryl methyl sites for hydroxylation is 1. The van der Waals surface area contributed by atoms with E-state index < -0.39 is 21.7 Å². The molecule has 0 radical (unpaired) electrons. The molecular formula is C22H21FN2O4S. The number of carbonyl (C=O) groups excluding carboxylic acids is 1. The molecule has 3 aromatic carbocycles. The van der Waals surface area contributed by atoms with E-state index in [2.05, 4.69) is 5.32 Å². The highest BCUT2D eigenvalue weighted by molar-refractivity contribution is 7.89. The molecule has 156 valence electrons. The number of ether oxygens (including phenoxy) is 1. The van der Waals surface area contributed by atoms with E-state index in [0.717, 1.165) is 11.1 Å². The molecular weight excluding hydrogens is 407 g/mol. The third-order valence-corrected chi connectivity index (χ3v) is 5.18. The number of hydrogen-bond donors (Lipinski definition) is 2. The van der Waals surface area contributed by atoms with Crippen LogP contribution in [-0.2, 0) is 27.8 Å². The Morgan fingerprint density at radius 3 is 2.53 bits per heavy atom. The molecule has 8 heteroatoms. The van der Waals surface area contributed by atoms with Gasteiger partial charge in [0.2, 0.25) is 15.9 Å². The SMILES string of the molecule is Cc1cccc(COc2cc(NC(=O)Cc3ccccc3F)cc(S(N)(=O)=O)c2)c1. The topological polar surface area (TPSA) is 98.5 Å². The number of nitrogens with two attached hydrogens (primary N) is 1. The number of nitrogens with one attached hydrogen (secondary N) is 1. The molecule has 0 spiro atoms. The number of sulfonamides is 1. The first-order valence-electron chi connectivity index (χ1n) is 9.10. The van der Waals surface area contributed by atoms with Crippen molar-refractivity contribution in [3.05, 3.63) is 89.2 Å². The molecule has 0 unspecified atom stereocenters. The molecule has 3 aromatic rings. The highest BCUT2D eigenvalue weighted by Gasteiger charge is 2.14. The van der Waals surface area contributed by atoms with Gasteiger partial charge in [-0.15, -0.1) is 0 Å². The number of amides is 1. The summed E-state index contributed by atoms with van der Waals surface area (Å²) >= 11 is 0. The Hall–Kier alpha value is -3.23. The summed E-state index contributed by atoms with van der Waals surface area (Å²) in [5.41, 5.74) is 2.38. The first-order chi connectivity index (χ1) is 14.2. The summed E-state index contributed by atoms with van der Waals surface area (Å²) in [4.78, 5) is 12.1. The van der Waals surface area contributed by atoms with E-state index >= 15 is 0 Å². The molecule has 0 aliphatic heterocycles. The second-order valence-corrected chi connectivity index (χ2v) is 8.39. The predicted molar refractivity (Wildman–Crippen MR) is 112 cm³/mol. The summed E-state index contributed by atoms with van der Waals surface area (Å²) in [6.07, 6.45) is -0.203. The van der Waals surface area contributed by atoms with Gasteiger partial charge in [0.1, 0.15) is 18.2 Å². The highest BCUT2D eigenvalue weighted by Crippen LogP contribution is 2.25. The van der Waals surface area contributed by atoms with Gasteiger partial charge in [0.25, 0.3) is 0 Å². The van der Waals surface area contributed by atoms with Crippen molar-refractivity contribution < 1.29 is 22.3 Å². The summed E-state index contributed by atoms with van der Waals surface area (Å²) in [6.45, 7) is 2.16. The van der Waals surface area contributed by atoms with Gasteiger partial charge in [-0.25, -0.2) is 17.9 Å². The Kier molecular flexibility index (Phi) is 6.49. The van der Waals surface area contributed by atoms with Gasteiger partial charge >= 0.3 is 0 Å². The average Bonchev–Trinajstić information content (AvgIpc) is 2.67. The first kappa shape index (κ1) is 21.5. The van der Waals surface area contributed by atoms with E-state index in [1.54, 1.807) is 6.07 Å². The van der Waals surface area contributed by atoms with Crippen molar-refractivity contribution in [2.75, 3.05) is 5.32 Å². The molecule has 0 saturated heterocycles. The fourth-order valence-electron chi connectivity index (χ4n) is 2.88. The molecule has 0 aromatic heterocycles. The third kappa shape index (κ3) is 5.88. The van der Waals surface area contributed by atoms with Crippen LogP contribution in [0.2, 0.25) is 0 Å². The summed E-state index contributed by atoms with van der Waals surface area (Å²) in [7, 11) is -4.03. The van der Waals surface area contributed by atoms with Crippen molar-refractivity contribution in [1.82, 2.24) is 0 Å². The number of anilines is 1. The quantitative estimate of drug-likeness (QED) is 0.601.